The number of quaternary nitrogens is 1. The van der Waals surface area contributed by atoms with Crippen LogP contribution in [-0.2, 0) is 4.79 Å². The molecule has 5 heteroatoms. The number of aliphatic carboxylic acids is 1. The molecule has 1 N–H and O–H groups in total. The molecule has 0 aromatic heterocycles. The summed E-state index contributed by atoms with van der Waals surface area (Å²) in [6.45, 7) is 6.70. The second-order valence-electron chi connectivity index (χ2n) is 3.91. The summed E-state index contributed by atoms with van der Waals surface area (Å²) in [6, 6.07) is 0. The lowest BCUT2D eigenvalue weighted by Crippen LogP contribution is -3.00. The highest BCUT2D eigenvalue weighted by Crippen LogP contribution is 2.18. The van der Waals surface area contributed by atoms with Crippen molar-refractivity contribution in [2.75, 3.05) is 45.8 Å². The van der Waals surface area contributed by atoms with Gasteiger partial charge in [-0.25, -0.2) is 4.79 Å². The SMILES string of the molecule is O=C(O)C[N+]12CCN(CC1)CC2.[Cl-]. The predicted molar refractivity (Wildman–Crippen MR) is 43.8 cm³/mol. The molecule has 0 unspecified atom stereocenters. The van der Waals surface area contributed by atoms with Crippen molar-refractivity contribution >= 4 is 5.97 Å². The van der Waals surface area contributed by atoms with Crippen LogP contribution in [0.15, 0.2) is 0 Å². The zero-order valence-electron chi connectivity index (χ0n) is 7.58. The molecule has 3 aliphatic heterocycles. The van der Waals surface area contributed by atoms with Crippen LogP contribution >= 0.6 is 0 Å². The molecule has 13 heavy (non-hydrogen) atoms. The Kier molecular flexibility index (Phi) is 3.16. The van der Waals surface area contributed by atoms with Crippen molar-refractivity contribution in [3.05, 3.63) is 0 Å². The molecule has 0 atom stereocenters. The molecule has 0 aromatic carbocycles. The lowest BCUT2D eigenvalue weighted by molar-refractivity contribution is -0.934. The average Bonchev–Trinajstić information content (AvgIpc) is 2.05. The van der Waals surface area contributed by atoms with E-state index in [-0.39, 0.29) is 12.4 Å². The van der Waals surface area contributed by atoms with E-state index in [1.54, 1.807) is 0 Å². The van der Waals surface area contributed by atoms with E-state index < -0.39 is 5.97 Å². The number of carbonyl (C=O) groups is 1. The van der Waals surface area contributed by atoms with Gasteiger partial charge in [-0.15, -0.1) is 0 Å². The second-order valence-corrected chi connectivity index (χ2v) is 3.91. The molecule has 0 spiro atoms. The van der Waals surface area contributed by atoms with Crippen molar-refractivity contribution in [2.45, 2.75) is 0 Å². The Morgan fingerprint density at radius 3 is 2.08 bits per heavy atom. The van der Waals surface area contributed by atoms with Gasteiger partial charge in [-0.2, -0.15) is 0 Å². The molecule has 3 saturated heterocycles. The van der Waals surface area contributed by atoms with Crippen LogP contribution in [0.4, 0.5) is 0 Å². The van der Waals surface area contributed by atoms with Crippen molar-refractivity contribution in [2.24, 2.45) is 0 Å². The highest BCUT2D eigenvalue weighted by Gasteiger charge is 2.39. The van der Waals surface area contributed by atoms with E-state index in [0.717, 1.165) is 43.8 Å². The van der Waals surface area contributed by atoms with Gasteiger partial charge in [0, 0.05) is 19.6 Å². The van der Waals surface area contributed by atoms with Crippen LogP contribution < -0.4 is 12.4 Å². The molecule has 4 nitrogen and oxygen atoms in total. The third-order valence-electron chi connectivity index (χ3n) is 3.14. The summed E-state index contributed by atoms with van der Waals surface area (Å²) in [6.07, 6.45) is 0. The number of rotatable bonds is 2. The van der Waals surface area contributed by atoms with Gasteiger partial charge in [0.15, 0.2) is 6.54 Å². The molecule has 3 heterocycles. The monoisotopic (exact) mass is 206 g/mol. The molecule has 0 amide bonds. The van der Waals surface area contributed by atoms with E-state index in [4.69, 9.17) is 5.11 Å². The summed E-state index contributed by atoms with van der Waals surface area (Å²) < 4.78 is 0.825. The van der Waals surface area contributed by atoms with Gasteiger partial charge in [-0.1, -0.05) is 0 Å². The van der Waals surface area contributed by atoms with E-state index in [0.29, 0.717) is 6.54 Å². The van der Waals surface area contributed by atoms with Crippen LogP contribution in [0.25, 0.3) is 0 Å². The van der Waals surface area contributed by atoms with E-state index in [1.807, 2.05) is 0 Å². The zero-order valence-corrected chi connectivity index (χ0v) is 8.33. The maximum Gasteiger partial charge on any atom is 0.359 e. The molecular weight excluding hydrogens is 192 g/mol. The summed E-state index contributed by atoms with van der Waals surface area (Å²) in [7, 11) is 0. The van der Waals surface area contributed by atoms with Crippen LogP contribution in [0.5, 0.6) is 0 Å². The first-order valence-corrected chi connectivity index (χ1v) is 4.49. The smallest absolute Gasteiger partial charge is 0.359 e. The van der Waals surface area contributed by atoms with Crippen molar-refractivity contribution in [1.29, 1.82) is 0 Å². The van der Waals surface area contributed by atoms with E-state index >= 15 is 0 Å². The summed E-state index contributed by atoms with van der Waals surface area (Å²) >= 11 is 0. The molecule has 76 valence electrons. The summed E-state index contributed by atoms with van der Waals surface area (Å²) in [5.41, 5.74) is 0. The number of nitrogens with zero attached hydrogens (tertiary/aromatic N) is 2. The summed E-state index contributed by atoms with van der Waals surface area (Å²) in [5.74, 6) is -0.648. The van der Waals surface area contributed by atoms with Gasteiger partial charge >= 0.3 is 5.97 Å². The summed E-state index contributed by atoms with van der Waals surface area (Å²) in [5, 5.41) is 8.75. The zero-order chi connectivity index (χ0) is 8.60. The van der Waals surface area contributed by atoms with Gasteiger partial charge < -0.3 is 22.0 Å². The Morgan fingerprint density at radius 2 is 1.69 bits per heavy atom. The van der Waals surface area contributed by atoms with Crippen molar-refractivity contribution in [3.8, 4) is 0 Å². The molecule has 3 fully saturated rings. The Bertz CT molecular complexity index is 189. The number of piperazine rings is 3. The molecule has 0 aromatic rings. The third kappa shape index (κ3) is 2.13. The van der Waals surface area contributed by atoms with E-state index in [9.17, 15) is 4.79 Å². The molecule has 0 saturated carbocycles. The molecule has 3 rings (SSSR count). The van der Waals surface area contributed by atoms with Gasteiger partial charge in [0.05, 0.1) is 19.6 Å². The number of halogens is 1. The Labute approximate surface area is 84.1 Å². The van der Waals surface area contributed by atoms with Crippen LogP contribution in [0.3, 0.4) is 0 Å². The van der Waals surface area contributed by atoms with E-state index in [1.165, 1.54) is 0 Å². The molecular formula is C8H15ClN2O2. The van der Waals surface area contributed by atoms with Crippen molar-refractivity contribution in [3.63, 3.8) is 0 Å². The van der Waals surface area contributed by atoms with Crippen LogP contribution in [-0.4, -0.2) is 66.3 Å². The lowest BCUT2D eigenvalue weighted by Gasteiger charge is -2.49. The maximum absolute atomic E-state index is 10.6. The molecule has 3 aliphatic rings. The van der Waals surface area contributed by atoms with Gasteiger partial charge in [0.25, 0.3) is 0 Å². The van der Waals surface area contributed by atoms with Gasteiger partial charge in [-0.3, -0.25) is 4.90 Å². The largest absolute Gasteiger partial charge is 1.00 e. The fourth-order valence-electron chi connectivity index (χ4n) is 2.26. The average molecular weight is 207 g/mol. The Balaban J connectivity index is 0.000000845. The minimum atomic E-state index is -0.648. The lowest BCUT2D eigenvalue weighted by atomic mass is 10.1. The maximum atomic E-state index is 10.6. The number of hydrogen-bond donors (Lipinski definition) is 1. The third-order valence-corrected chi connectivity index (χ3v) is 3.14. The molecule has 2 bridgehead atoms. The first-order valence-electron chi connectivity index (χ1n) is 4.49. The van der Waals surface area contributed by atoms with Crippen molar-refractivity contribution in [1.82, 2.24) is 4.90 Å². The summed E-state index contributed by atoms with van der Waals surface area (Å²) in [4.78, 5) is 13.0. The predicted octanol–water partition coefficient (Wildman–Crippen LogP) is -3.78. The second kappa shape index (κ2) is 3.82. The highest BCUT2D eigenvalue weighted by atomic mass is 35.5. The topological polar surface area (TPSA) is 40.5 Å². The number of fused-ring (bicyclic) bond motifs is 3. The fourth-order valence-corrected chi connectivity index (χ4v) is 2.26. The van der Waals surface area contributed by atoms with Gasteiger partial charge in [0.2, 0.25) is 0 Å². The van der Waals surface area contributed by atoms with E-state index in [2.05, 4.69) is 4.90 Å². The highest BCUT2D eigenvalue weighted by molar-refractivity contribution is 5.68. The Hall–Kier alpha value is -0.320. The van der Waals surface area contributed by atoms with Crippen LogP contribution in [0.2, 0.25) is 0 Å². The normalized spacial score (nSPS) is 36.8. The number of hydrogen-bond acceptors (Lipinski definition) is 2. The first-order chi connectivity index (χ1) is 5.70. The van der Waals surface area contributed by atoms with Gasteiger partial charge in [0.1, 0.15) is 0 Å². The van der Waals surface area contributed by atoms with Crippen LogP contribution in [0, 0.1) is 0 Å². The van der Waals surface area contributed by atoms with Gasteiger partial charge in [-0.05, 0) is 0 Å². The minimum Gasteiger partial charge on any atom is -1.00 e. The first kappa shape index (κ1) is 10.8. The number of carboxylic acid groups (broad SMARTS) is 1. The van der Waals surface area contributed by atoms with Crippen LogP contribution in [0.1, 0.15) is 0 Å². The molecule has 0 radical (unpaired) electrons. The fraction of sp³-hybridized carbons (Fsp3) is 0.875. The quantitative estimate of drug-likeness (QED) is 0.472. The molecule has 0 aliphatic carbocycles. The number of carboxylic acids is 1. The minimum absolute atomic E-state index is 0. The Morgan fingerprint density at radius 1 is 1.23 bits per heavy atom. The van der Waals surface area contributed by atoms with Crippen molar-refractivity contribution < 1.29 is 26.8 Å². The standard InChI is InChI=1S/C8H14N2O2.ClH/c11-8(12)7-10-4-1-9(2-5-10)3-6-10;/h1-7H2;1H.